The van der Waals surface area contributed by atoms with Crippen molar-refractivity contribution in [3.8, 4) is 0 Å². The minimum atomic E-state index is -1.06. The van der Waals surface area contributed by atoms with Crippen molar-refractivity contribution in [1.29, 1.82) is 0 Å². The summed E-state index contributed by atoms with van der Waals surface area (Å²) in [4.78, 5) is 57.0. The first kappa shape index (κ1) is 14.4. The van der Waals surface area contributed by atoms with E-state index in [0.29, 0.717) is 0 Å². The third-order valence-corrected chi connectivity index (χ3v) is 2.65. The van der Waals surface area contributed by atoms with Crippen LogP contribution in [0.3, 0.4) is 0 Å². The molecular formula is C13H10N2O6. The quantitative estimate of drug-likeness (QED) is 0.446. The molecule has 2 rings (SSSR count). The fraction of sp³-hybridized carbons (Fsp3) is 0.154. The van der Waals surface area contributed by atoms with Crippen molar-refractivity contribution in [2.75, 3.05) is 11.9 Å². The number of anilines is 1. The monoisotopic (exact) mass is 290 g/mol. The van der Waals surface area contributed by atoms with E-state index in [2.05, 4.69) is 10.1 Å². The molecule has 8 nitrogen and oxygen atoms in total. The van der Waals surface area contributed by atoms with Gasteiger partial charge in [-0.1, -0.05) is 6.07 Å². The van der Waals surface area contributed by atoms with Crippen LogP contribution >= 0.6 is 0 Å². The number of hydrogen-bond acceptors (Lipinski definition) is 6. The maximum Gasteiger partial charge on any atom is 0.303 e. The molecule has 1 aliphatic rings. The van der Waals surface area contributed by atoms with Crippen molar-refractivity contribution in [3.05, 3.63) is 29.3 Å². The van der Waals surface area contributed by atoms with Crippen LogP contribution in [0.5, 0.6) is 0 Å². The number of hydrogen-bond donors (Lipinski definition) is 2. The van der Waals surface area contributed by atoms with E-state index in [1.807, 2.05) is 5.32 Å². The molecule has 0 aromatic heterocycles. The molecule has 1 aliphatic heterocycles. The van der Waals surface area contributed by atoms with Gasteiger partial charge in [0.15, 0.2) is 6.61 Å². The maximum atomic E-state index is 11.8. The zero-order valence-electron chi connectivity index (χ0n) is 10.9. The van der Waals surface area contributed by atoms with Crippen LogP contribution in [0.1, 0.15) is 27.6 Å². The topological polar surface area (TPSA) is 119 Å². The Morgan fingerprint density at radius 3 is 2.57 bits per heavy atom. The highest BCUT2D eigenvalue weighted by atomic mass is 16.5. The zero-order chi connectivity index (χ0) is 15.6. The lowest BCUT2D eigenvalue weighted by molar-refractivity contribution is -0.144. The van der Waals surface area contributed by atoms with Gasteiger partial charge in [0.25, 0.3) is 23.5 Å². The number of nitrogens with one attached hydrogen (secondary N) is 2. The molecule has 8 heteroatoms. The first-order chi connectivity index (χ1) is 9.90. The zero-order valence-corrected chi connectivity index (χ0v) is 10.9. The summed E-state index contributed by atoms with van der Waals surface area (Å²) in [5, 5.41) is 4.22. The van der Waals surface area contributed by atoms with E-state index in [1.165, 1.54) is 18.2 Å². The molecule has 1 heterocycles. The molecule has 3 amide bonds. The summed E-state index contributed by atoms with van der Waals surface area (Å²) in [6.45, 7) is 0.609. The number of amides is 3. The van der Waals surface area contributed by atoms with Crippen LogP contribution in [0.4, 0.5) is 5.69 Å². The number of Topliss-reactive ketones (excluding diaryl/α,β-unsaturated/α-hetero) is 1. The van der Waals surface area contributed by atoms with Crippen LogP contribution in [-0.2, 0) is 19.1 Å². The standard InChI is InChI=1S/C13H10N2O6/c1-6(16)21-5-9(17)14-8-4-2-3-7-10(8)11(18)13(20)15-12(7)19/h2-4H,5H2,1H3,(H,14,17)(H,15,19,20). The van der Waals surface area contributed by atoms with E-state index in [9.17, 15) is 24.0 Å². The molecule has 0 fully saturated rings. The number of benzene rings is 1. The predicted molar refractivity (Wildman–Crippen MR) is 68.5 cm³/mol. The van der Waals surface area contributed by atoms with E-state index >= 15 is 0 Å². The average molecular weight is 290 g/mol. The summed E-state index contributed by atoms with van der Waals surface area (Å²) < 4.78 is 4.51. The number of rotatable bonds is 3. The van der Waals surface area contributed by atoms with E-state index < -0.39 is 36.1 Å². The van der Waals surface area contributed by atoms with Crippen molar-refractivity contribution in [1.82, 2.24) is 5.32 Å². The van der Waals surface area contributed by atoms with E-state index in [4.69, 9.17) is 0 Å². The number of fused-ring (bicyclic) bond motifs is 1. The fourth-order valence-electron chi connectivity index (χ4n) is 1.78. The van der Waals surface area contributed by atoms with Crippen molar-refractivity contribution in [2.24, 2.45) is 0 Å². The van der Waals surface area contributed by atoms with Gasteiger partial charge in [0.2, 0.25) is 0 Å². The maximum absolute atomic E-state index is 11.8. The minimum Gasteiger partial charge on any atom is -0.456 e. The van der Waals surface area contributed by atoms with Gasteiger partial charge in [-0.15, -0.1) is 0 Å². The Balaban J connectivity index is 2.30. The van der Waals surface area contributed by atoms with Gasteiger partial charge in [-0.05, 0) is 12.1 Å². The molecule has 0 unspecified atom stereocenters. The molecular weight excluding hydrogens is 280 g/mol. The number of carbonyl (C=O) groups is 5. The largest absolute Gasteiger partial charge is 0.456 e. The fourth-order valence-corrected chi connectivity index (χ4v) is 1.78. The summed E-state index contributed by atoms with van der Waals surface area (Å²) in [5.41, 5.74) is -0.176. The van der Waals surface area contributed by atoms with Crippen LogP contribution in [-0.4, -0.2) is 36.1 Å². The summed E-state index contributed by atoms with van der Waals surface area (Å²) in [7, 11) is 0. The highest BCUT2D eigenvalue weighted by Crippen LogP contribution is 2.23. The number of esters is 1. The lowest BCUT2D eigenvalue weighted by atomic mass is 9.97. The van der Waals surface area contributed by atoms with Crippen molar-refractivity contribution < 1.29 is 28.7 Å². The molecule has 0 radical (unpaired) electrons. The van der Waals surface area contributed by atoms with Gasteiger partial charge in [-0.2, -0.15) is 0 Å². The summed E-state index contributed by atoms with van der Waals surface area (Å²) in [5.74, 6) is -4.02. The Bertz CT molecular complexity index is 679. The smallest absolute Gasteiger partial charge is 0.303 e. The molecule has 108 valence electrons. The van der Waals surface area contributed by atoms with Crippen molar-refractivity contribution in [2.45, 2.75) is 6.92 Å². The second kappa shape index (κ2) is 5.53. The van der Waals surface area contributed by atoms with Crippen LogP contribution in [0.25, 0.3) is 0 Å². The van der Waals surface area contributed by atoms with Crippen LogP contribution in [0.2, 0.25) is 0 Å². The molecule has 0 bridgehead atoms. The average Bonchev–Trinajstić information content (AvgIpc) is 2.42. The Hall–Kier alpha value is -3.03. The number of ketones is 1. The Morgan fingerprint density at radius 1 is 1.19 bits per heavy atom. The molecule has 1 aromatic rings. The van der Waals surface area contributed by atoms with Gasteiger partial charge < -0.3 is 10.1 Å². The number of imide groups is 1. The van der Waals surface area contributed by atoms with E-state index in [0.717, 1.165) is 6.92 Å². The Kier molecular flexibility index (Phi) is 3.79. The van der Waals surface area contributed by atoms with Crippen molar-refractivity contribution >= 4 is 35.2 Å². The van der Waals surface area contributed by atoms with Gasteiger partial charge in [0, 0.05) is 6.92 Å². The molecule has 0 saturated carbocycles. The van der Waals surface area contributed by atoms with Crippen LogP contribution in [0, 0.1) is 0 Å². The normalized spacial score (nSPS) is 13.3. The van der Waals surface area contributed by atoms with Gasteiger partial charge >= 0.3 is 5.97 Å². The lowest BCUT2D eigenvalue weighted by Gasteiger charge is -2.17. The second-order valence-electron chi connectivity index (χ2n) is 4.17. The number of carbonyl (C=O) groups excluding carboxylic acids is 5. The predicted octanol–water partition coefficient (Wildman–Crippen LogP) is -0.359. The highest BCUT2D eigenvalue weighted by molar-refractivity contribution is 6.50. The highest BCUT2D eigenvalue weighted by Gasteiger charge is 2.32. The van der Waals surface area contributed by atoms with Gasteiger partial charge in [-0.25, -0.2) is 0 Å². The summed E-state index contributed by atoms with van der Waals surface area (Å²) >= 11 is 0. The third-order valence-electron chi connectivity index (χ3n) is 2.65. The molecule has 0 aliphatic carbocycles. The Morgan fingerprint density at radius 2 is 1.90 bits per heavy atom. The van der Waals surface area contributed by atoms with Gasteiger partial charge in [0.05, 0.1) is 16.8 Å². The lowest BCUT2D eigenvalue weighted by Crippen LogP contribution is -2.42. The van der Waals surface area contributed by atoms with E-state index in [-0.39, 0.29) is 16.8 Å². The SMILES string of the molecule is CC(=O)OCC(=O)Nc1cccc2c1C(=O)C(=O)NC2=O. The molecule has 0 atom stereocenters. The van der Waals surface area contributed by atoms with Gasteiger partial charge in [-0.3, -0.25) is 29.3 Å². The molecule has 2 N–H and O–H groups in total. The first-order valence-corrected chi connectivity index (χ1v) is 5.86. The third kappa shape index (κ3) is 2.94. The number of ether oxygens (including phenoxy) is 1. The first-order valence-electron chi connectivity index (χ1n) is 5.86. The second-order valence-corrected chi connectivity index (χ2v) is 4.17. The molecule has 21 heavy (non-hydrogen) atoms. The molecule has 1 aromatic carbocycles. The van der Waals surface area contributed by atoms with Crippen molar-refractivity contribution in [3.63, 3.8) is 0 Å². The van der Waals surface area contributed by atoms with Gasteiger partial charge in [0.1, 0.15) is 0 Å². The minimum absolute atomic E-state index is 0.00936. The van der Waals surface area contributed by atoms with E-state index in [1.54, 1.807) is 0 Å². The molecule has 0 saturated heterocycles. The van der Waals surface area contributed by atoms with Crippen LogP contribution in [0.15, 0.2) is 18.2 Å². The summed E-state index contributed by atoms with van der Waals surface area (Å²) in [6.07, 6.45) is 0. The molecule has 0 spiro atoms. The summed E-state index contributed by atoms with van der Waals surface area (Å²) in [6, 6.07) is 4.17. The Labute approximate surface area is 118 Å². The van der Waals surface area contributed by atoms with Crippen LogP contribution < -0.4 is 10.6 Å².